The number of nitrogens with two attached hydrogens (primary N) is 1. The van der Waals surface area contributed by atoms with Gasteiger partial charge in [0.15, 0.2) is 0 Å². The first kappa shape index (κ1) is 17.8. The van der Waals surface area contributed by atoms with Crippen LogP contribution in [0.1, 0.15) is 25.3 Å². The Kier molecular flexibility index (Phi) is 6.03. The van der Waals surface area contributed by atoms with Gasteiger partial charge < -0.3 is 4.74 Å². The fourth-order valence-corrected chi connectivity index (χ4v) is 2.85. The van der Waals surface area contributed by atoms with Crippen LogP contribution in [-0.4, -0.2) is 20.8 Å². The highest BCUT2D eigenvalue weighted by Gasteiger charge is 2.30. The molecule has 4 nitrogen and oxygen atoms in total. The minimum atomic E-state index is -4.44. The number of halogens is 3. The van der Waals surface area contributed by atoms with E-state index in [1.165, 1.54) is 12.1 Å². The third kappa shape index (κ3) is 6.81. The minimum absolute atomic E-state index is 0.00554. The molecule has 0 fully saturated rings. The van der Waals surface area contributed by atoms with Gasteiger partial charge in [0.05, 0.1) is 17.9 Å². The Hall–Kier alpha value is -1.28. The van der Waals surface area contributed by atoms with E-state index < -0.39 is 21.8 Å². The predicted molar refractivity (Wildman–Crippen MR) is 73.3 cm³/mol. The van der Waals surface area contributed by atoms with Crippen LogP contribution in [0, 0.1) is 5.92 Å². The second kappa shape index (κ2) is 7.13. The van der Waals surface area contributed by atoms with Gasteiger partial charge in [-0.05, 0) is 24.6 Å². The van der Waals surface area contributed by atoms with Crippen molar-refractivity contribution in [2.75, 3.05) is 12.4 Å². The van der Waals surface area contributed by atoms with E-state index in [1.54, 1.807) is 0 Å². The topological polar surface area (TPSA) is 69.4 Å². The maximum atomic E-state index is 12.6. The molecule has 0 saturated carbocycles. The zero-order valence-corrected chi connectivity index (χ0v) is 12.4. The molecule has 1 unspecified atom stereocenters. The third-order valence-electron chi connectivity index (χ3n) is 2.81. The number of rotatable bonds is 7. The molecule has 0 aromatic heterocycles. The first-order valence-corrected chi connectivity index (χ1v) is 8.14. The van der Waals surface area contributed by atoms with E-state index in [0.717, 1.165) is 18.6 Å². The molecule has 120 valence electrons. The first-order chi connectivity index (χ1) is 9.62. The Balaban J connectivity index is 2.72. The molecule has 0 radical (unpaired) electrons. The molecule has 1 aromatic rings. The average molecular weight is 325 g/mol. The molecule has 0 bridgehead atoms. The molecule has 21 heavy (non-hydrogen) atoms. The van der Waals surface area contributed by atoms with Gasteiger partial charge in [-0.2, -0.15) is 13.2 Å². The third-order valence-corrected chi connectivity index (χ3v) is 3.75. The van der Waals surface area contributed by atoms with Crippen LogP contribution in [0.5, 0.6) is 5.75 Å². The van der Waals surface area contributed by atoms with E-state index in [1.807, 2.05) is 6.92 Å². The smallest absolute Gasteiger partial charge is 0.416 e. The molecular weight excluding hydrogens is 307 g/mol. The van der Waals surface area contributed by atoms with Gasteiger partial charge in [-0.15, -0.1) is 0 Å². The lowest BCUT2D eigenvalue weighted by Crippen LogP contribution is -2.27. The van der Waals surface area contributed by atoms with Crippen LogP contribution in [0.4, 0.5) is 13.2 Å². The molecule has 0 heterocycles. The van der Waals surface area contributed by atoms with Gasteiger partial charge in [0.1, 0.15) is 5.75 Å². The Bertz CT molecular complexity index is 558. The molecular formula is C13H18F3NO3S. The summed E-state index contributed by atoms with van der Waals surface area (Å²) in [4.78, 5) is 0. The van der Waals surface area contributed by atoms with E-state index in [-0.39, 0.29) is 24.0 Å². The molecule has 1 atom stereocenters. The molecule has 2 N–H and O–H groups in total. The van der Waals surface area contributed by atoms with Crippen molar-refractivity contribution in [3.8, 4) is 5.75 Å². The van der Waals surface area contributed by atoms with Crippen LogP contribution >= 0.6 is 0 Å². The number of hydrogen-bond donors (Lipinski definition) is 1. The van der Waals surface area contributed by atoms with Gasteiger partial charge in [-0.3, -0.25) is 0 Å². The number of primary sulfonamides is 1. The van der Waals surface area contributed by atoms with E-state index in [9.17, 15) is 21.6 Å². The number of sulfonamides is 1. The van der Waals surface area contributed by atoms with Crippen molar-refractivity contribution >= 4 is 10.0 Å². The quantitative estimate of drug-likeness (QED) is 0.838. The molecule has 0 aliphatic rings. The van der Waals surface area contributed by atoms with Gasteiger partial charge in [0, 0.05) is 5.92 Å². The van der Waals surface area contributed by atoms with E-state index in [0.29, 0.717) is 6.42 Å². The summed E-state index contributed by atoms with van der Waals surface area (Å²) in [6.45, 7) is 1.88. The molecule has 1 rings (SSSR count). The highest BCUT2D eigenvalue weighted by atomic mass is 32.2. The molecule has 0 aliphatic carbocycles. The number of benzene rings is 1. The molecule has 0 spiro atoms. The van der Waals surface area contributed by atoms with E-state index in [4.69, 9.17) is 9.88 Å². The second-order valence-electron chi connectivity index (χ2n) is 4.82. The highest BCUT2D eigenvalue weighted by molar-refractivity contribution is 7.89. The zero-order valence-electron chi connectivity index (χ0n) is 11.6. The summed E-state index contributed by atoms with van der Waals surface area (Å²) < 4.78 is 65.1. The van der Waals surface area contributed by atoms with Crippen LogP contribution in [0.15, 0.2) is 24.3 Å². The molecule has 1 aromatic carbocycles. The maximum absolute atomic E-state index is 12.6. The summed E-state index contributed by atoms with van der Waals surface area (Å²) in [6, 6.07) is 4.47. The van der Waals surface area contributed by atoms with Gasteiger partial charge in [0.25, 0.3) is 0 Å². The van der Waals surface area contributed by atoms with Crippen molar-refractivity contribution in [3.05, 3.63) is 29.8 Å². The fraction of sp³-hybridized carbons (Fsp3) is 0.538. The van der Waals surface area contributed by atoms with E-state index >= 15 is 0 Å². The Morgan fingerprint density at radius 3 is 2.52 bits per heavy atom. The van der Waals surface area contributed by atoms with Gasteiger partial charge >= 0.3 is 6.18 Å². The normalized spacial score (nSPS) is 14.0. The largest absolute Gasteiger partial charge is 0.493 e. The Morgan fingerprint density at radius 1 is 1.33 bits per heavy atom. The summed E-state index contributed by atoms with van der Waals surface area (Å²) in [5.41, 5.74) is -0.807. The SMILES string of the molecule is CCCC(COc1cccc(C(F)(F)F)c1)CS(N)(=O)=O. The molecule has 0 aliphatic heterocycles. The molecule has 8 heteroatoms. The van der Waals surface area contributed by atoms with Crippen molar-refractivity contribution in [3.63, 3.8) is 0 Å². The lowest BCUT2D eigenvalue weighted by atomic mass is 10.1. The number of hydrogen-bond acceptors (Lipinski definition) is 3. The van der Waals surface area contributed by atoms with Crippen LogP contribution in [0.2, 0.25) is 0 Å². The van der Waals surface area contributed by atoms with Gasteiger partial charge in [0.2, 0.25) is 10.0 Å². The summed E-state index contributed by atoms with van der Waals surface area (Å²) in [7, 11) is -3.64. The van der Waals surface area contributed by atoms with Crippen molar-refractivity contribution in [2.45, 2.75) is 25.9 Å². The maximum Gasteiger partial charge on any atom is 0.416 e. The second-order valence-corrected chi connectivity index (χ2v) is 6.48. The van der Waals surface area contributed by atoms with Crippen molar-refractivity contribution in [2.24, 2.45) is 11.1 Å². The Morgan fingerprint density at radius 2 is 2.00 bits per heavy atom. The van der Waals surface area contributed by atoms with Crippen molar-refractivity contribution in [1.82, 2.24) is 0 Å². The first-order valence-electron chi connectivity index (χ1n) is 6.42. The van der Waals surface area contributed by atoms with Crippen LogP contribution in [0.25, 0.3) is 0 Å². The zero-order chi connectivity index (χ0) is 16.1. The summed E-state index contributed by atoms with van der Waals surface area (Å²) in [6.07, 6.45) is -3.15. The average Bonchev–Trinajstić information content (AvgIpc) is 2.34. The molecule has 0 saturated heterocycles. The van der Waals surface area contributed by atoms with E-state index in [2.05, 4.69) is 0 Å². The molecule has 0 amide bonds. The Labute approximate surface area is 122 Å². The van der Waals surface area contributed by atoms with Gasteiger partial charge in [-0.1, -0.05) is 19.4 Å². The summed E-state index contributed by atoms with van der Waals surface area (Å²) in [5.74, 6) is -0.542. The van der Waals surface area contributed by atoms with Crippen molar-refractivity contribution in [1.29, 1.82) is 0 Å². The van der Waals surface area contributed by atoms with Crippen LogP contribution in [-0.2, 0) is 16.2 Å². The number of ether oxygens (including phenoxy) is 1. The summed E-state index contributed by atoms with van der Waals surface area (Å²) >= 11 is 0. The van der Waals surface area contributed by atoms with Crippen molar-refractivity contribution < 1.29 is 26.3 Å². The monoisotopic (exact) mass is 325 g/mol. The predicted octanol–water partition coefficient (Wildman–Crippen LogP) is 2.79. The lowest BCUT2D eigenvalue weighted by molar-refractivity contribution is -0.137. The van der Waals surface area contributed by atoms with Crippen LogP contribution < -0.4 is 9.88 Å². The standard InChI is InChI=1S/C13H18F3NO3S/c1-2-4-10(9-21(17,18)19)8-20-12-6-3-5-11(7-12)13(14,15)16/h3,5-7,10H,2,4,8-9H2,1H3,(H2,17,18,19). The van der Waals surface area contributed by atoms with Gasteiger partial charge in [-0.25, -0.2) is 13.6 Å². The minimum Gasteiger partial charge on any atom is -0.493 e. The highest BCUT2D eigenvalue weighted by Crippen LogP contribution is 2.31. The lowest BCUT2D eigenvalue weighted by Gasteiger charge is -2.16. The van der Waals surface area contributed by atoms with Crippen LogP contribution in [0.3, 0.4) is 0 Å². The summed E-state index contributed by atoms with van der Waals surface area (Å²) in [5, 5.41) is 4.98. The number of alkyl halides is 3. The fourth-order valence-electron chi connectivity index (χ4n) is 1.93.